The Labute approximate surface area is 129 Å². The van der Waals surface area contributed by atoms with Crippen LogP contribution in [-0.4, -0.2) is 50.8 Å². The maximum absolute atomic E-state index is 4.51. The molecule has 0 aliphatic rings. The van der Waals surface area contributed by atoms with Crippen LogP contribution in [0.5, 0.6) is 0 Å². The fourth-order valence-electron chi connectivity index (χ4n) is 1.62. The number of imidazole rings is 1. The number of aromatic nitrogens is 6. The lowest BCUT2D eigenvalue weighted by atomic mass is 10.5. The lowest BCUT2D eigenvalue weighted by molar-refractivity contribution is 0.969. The van der Waals surface area contributed by atoms with Gasteiger partial charge in [0.15, 0.2) is 9.99 Å². The van der Waals surface area contributed by atoms with Crippen LogP contribution in [0.15, 0.2) is 15.7 Å². The van der Waals surface area contributed by atoms with E-state index in [2.05, 4.69) is 35.5 Å². The number of hydrogen-bond acceptors (Lipinski definition) is 9. The lowest BCUT2D eigenvalue weighted by Gasteiger charge is -2.04. The van der Waals surface area contributed by atoms with Crippen LogP contribution in [0.1, 0.15) is 6.92 Å². The van der Waals surface area contributed by atoms with Crippen molar-refractivity contribution in [2.75, 3.05) is 30.9 Å². The number of nitrogens with zero attached hydrogens (tertiary/aromatic N) is 6. The summed E-state index contributed by atoms with van der Waals surface area (Å²) in [5, 5.41) is 13.1. The summed E-state index contributed by atoms with van der Waals surface area (Å²) in [6.07, 6.45) is 1.62. The van der Waals surface area contributed by atoms with E-state index in [0.717, 1.165) is 26.6 Å². The van der Waals surface area contributed by atoms with E-state index in [1.165, 1.54) is 23.1 Å². The number of anilines is 2. The Morgan fingerprint density at radius 3 is 2.90 bits per heavy atom. The normalized spacial score (nSPS) is 11.0. The molecule has 3 aromatic rings. The van der Waals surface area contributed by atoms with Crippen molar-refractivity contribution in [1.82, 2.24) is 30.1 Å². The van der Waals surface area contributed by atoms with E-state index in [4.69, 9.17) is 0 Å². The number of nitrogens with one attached hydrogen (secondary N) is 2. The quantitative estimate of drug-likeness (QED) is 0.687. The molecular weight excluding hydrogens is 308 g/mol. The summed E-state index contributed by atoms with van der Waals surface area (Å²) in [7, 11) is 3.88. The number of rotatable bonds is 5. The van der Waals surface area contributed by atoms with Gasteiger partial charge in [0, 0.05) is 20.6 Å². The minimum atomic E-state index is 0.567. The maximum atomic E-state index is 4.51. The average molecular weight is 322 g/mol. The van der Waals surface area contributed by atoms with Crippen molar-refractivity contribution in [3.8, 4) is 0 Å². The van der Waals surface area contributed by atoms with Gasteiger partial charge in [-0.25, -0.2) is 9.97 Å². The zero-order valence-corrected chi connectivity index (χ0v) is 13.4. The summed E-state index contributed by atoms with van der Waals surface area (Å²) in [6.45, 7) is 2.75. The van der Waals surface area contributed by atoms with Crippen molar-refractivity contribution >= 4 is 45.3 Å². The lowest BCUT2D eigenvalue weighted by Crippen LogP contribution is -2.07. The first-order valence-electron chi connectivity index (χ1n) is 6.31. The second-order valence-electron chi connectivity index (χ2n) is 4.33. The Morgan fingerprint density at radius 2 is 2.19 bits per heavy atom. The summed E-state index contributed by atoms with van der Waals surface area (Å²) in [5.41, 5.74) is 1.45. The molecule has 0 unspecified atom stereocenters. The molecule has 0 saturated heterocycles. The summed E-state index contributed by atoms with van der Waals surface area (Å²) < 4.78 is 0.829. The van der Waals surface area contributed by atoms with Gasteiger partial charge in [-0.3, -0.25) is 0 Å². The first-order valence-corrected chi connectivity index (χ1v) is 7.94. The van der Waals surface area contributed by atoms with E-state index < -0.39 is 0 Å². The van der Waals surface area contributed by atoms with Crippen LogP contribution in [0.3, 0.4) is 0 Å². The third-order valence-electron chi connectivity index (χ3n) is 2.55. The maximum Gasteiger partial charge on any atom is 0.225 e. The van der Waals surface area contributed by atoms with Gasteiger partial charge in [0.25, 0.3) is 0 Å². The highest BCUT2D eigenvalue weighted by Gasteiger charge is 2.14. The molecule has 0 saturated carbocycles. The summed E-state index contributed by atoms with van der Waals surface area (Å²) in [5.74, 6) is 0.567. The predicted octanol–water partition coefficient (Wildman–Crippen LogP) is 1.85. The van der Waals surface area contributed by atoms with Crippen molar-refractivity contribution in [1.29, 1.82) is 0 Å². The number of hydrogen-bond donors (Lipinski definition) is 2. The summed E-state index contributed by atoms with van der Waals surface area (Å²) in [4.78, 5) is 18.0. The van der Waals surface area contributed by atoms with Gasteiger partial charge in [-0.1, -0.05) is 11.3 Å². The van der Waals surface area contributed by atoms with Crippen LogP contribution in [0.4, 0.5) is 11.1 Å². The van der Waals surface area contributed by atoms with Crippen LogP contribution in [-0.2, 0) is 0 Å². The molecule has 0 bridgehead atoms. The second kappa shape index (κ2) is 5.82. The predicted molar refractivity (Wildman–Crippen MR) is 84.2 cm³/mol. The highest BCUT2D eigenvalue weighted by Crippen LogP contribution is 2.34. The minimum Gasteiger partial charge on any atom is -0.354 e. The zero-order chi connectivity index (χ0) is 14.8. The molecule has 0 radical (unpaired) electrons. The Balaban J connectivity index is 1.96. The van der Waals surface area contributed by atoms with E-state index in [-0.39, 0.29) is 0 Å². The van der Waals surface area contributed by atoms with Gasteiger partial charge in [-0.05, 0) is 18.7 Å². The van der Waals surface area contributed by atoms with Crippen LogP contribution in [0.2, 0.25) is 0 Å². The molecular formula is C11H14N8S2. The summed E-state index contributed by atoms with van der Waals surface area (Å²) >= 11 is 2.97. The molecule has 0 aliphatic carbocycles. The number of H-pyrrole nitrogens is 1. The highest BCUT2D eigenvalue weighted by molar-refractivity contribution is 8.01. The zero-order valence-electron chi connectivity index (χ0n) is 11.8. The van der Waals surface area contributed by atoms with Crippen molar-refractivity contribution < 1.29 is 0 Å². The van der Waals surface area contributed by atoms with E-state index in [9.17, 15) is 0 Å². The molecule has 10 heteroatoms. The number of aromatic amines is 1. The Bertz CT molecular complexity index is 750. The molecule has 3 rings (SSSR count). The highest BCUT2D eigenvalue weighted by atomic mass is 32.2. The Morgan fingerprint density at radius 1 is 1.33 bits per heavy atom. The molecule has 0 fully saturated rings. The molecule has 0 spiro atoms. The van der Waals surface area contributed by atoms with Gasteiger partial charge < -0.3 is 15.2 Å². The fraction of sp³-hybridized carbons (Fsp3) is 0.364. The first kappa shape index (κ1) is 14.0. The SMILES string of the molecule is CCNc1nc(Sc2nnc(N(C)C)s2)c2[nH]cnc2n1. The van der Waals surface area contributed by atoms with Crippen molar-refractivity contribution in [3.05, 3.63) is 6.33 Å². The smallest absolute Gasteiger partial charge is 0.225 e. The Hall–Kier alpha value is -1.94. The molecule has 110 valence electrons. The summed E-state index contributed by atoms with van der Waals surface area (Å²) in [6, 6.07) is 0. The van der Waals surface area contributed by atoms with Gasteiger partial charge in [0.05, 0.1) is 6.33 Å². The molecule has 8 nitrogen and oxygen atoms in total. The molecule has 0 atom stereocenters. The van der Waals surface area contributed by atoms with Gasteiger partial charge in [-0.15, -0.1) is 10.2 Å². The van der Waals surface area contributed by atoms with Crippen molar-refractivity contribution in [2.24, 2.45) is 0 Å². The molecule has 0 aliphatic heterocycles. The second-order valence-corrected chi connectivity index (χ2v) is 6.52. The van der Waals surface area contributed by atoms with E-state index in [1.54, 1.807) is 6.33 Å². The van der Waals surface area contributed by atoms with Crippen LogP contribution in [0.25, 0.3) is 11.2 Å². The molecule has 2 N–H and O–H groups in total. The van der Waals surface area contributed by atoms with Crippen LogP contribution >= 0.6 is 23.1 Å². The van der Waals surface area contributed by atoms with Gasteiger partial charge in [-0.2, -0.15) is 4.98 Å². The van der Waals surface area contributed by atoms with E-state index in [1.807, 2.05) is 25.9 Å². The third-order valence-corrected chi connectivity index (χ3v) is 4.68. The van der Waals surface area contributed by atoms with Gasteiger partial charge in [0.2, 0.25) is 11.1 Å². The molecule has 3 aromatic heterocycles. The van der Waals surface area contributed by atoms with Crippen LogP contribution < -0.4 is 10.2 Å². The standard InChI is InChI=1S/C11H14N8S2/c1-4-12-9-15-7-6(13-5-14-7)8(16-9)20-11-18-17-10(21-11)19(2)3/h5H,4H2,1-3H3,(H2,12,13,14,15,16). The molecule has 0 aromatic carbocycles. The largest absolute Gasteiger partial charge is 0.354 e. The minimum absolute atomic E-state index is 0.567. The Kier molecular flexibility index (Phi) is 3.88. The average Bonchev–Trinajstić information content (AvgIpc) is 3.07. The van der Waals surface area contributed by atoms with Crippen molar-refractivity contribution in [3.63, 3.8) is 0 Å². The molecule has 21 heavy (non-hydrogen) atoms. The van der Waals surface area contributed by atoms with E-state index in [0.29, 0.717) is 11.6 Å². The van der Waals surface area contributed by atoms with Crippen molar-refractivity contribution in [2.45, 2.75) is 16.3 Å². The topological polar surface area (TPSA) is 95.5 Å². The third kappa shape index (κ3) is 2.90. The fourth-order valence-corrected chi connectivity index (χ4v) is 3.39. The molecule has 0 amide bonds. The van der Waals surface area contributed by atoms with E-state index >= 15 is 0 Å². The molecule has 3 heterocycles. The number of fused-ring (bicyclic) bond motifs is 1. The monoisotopic (exact) mass is 322 g/mol. The van der Waals surface area contributed by atoms with Gasteiger partial charge >= 0.3 is 0 Å². The van der Waals surface area contributed by atoms with Crippen LogP contribution in [0, 0.1) is 0 Å². The first-order chi connectivity index (χ1) is 10.2. The van der Waals surface area contributed by atoms with Gasteiger partial charge in [0.1, 0.15) is 10.5 Å².